The van der Waals surface area contributed by atoms with Gasteiger partial charge < -0.3 is 92.1 Å². The number of hydrogen-bond donors (Lipinski definition) is 15. The number of hydrogen-bond acceptors (Lipinski definition) is 26. The number of carbonyl (C=O) groups is 8. The zero-order valence-electron chi connectivity index (χ0n) is 48.6. The van der Waals surface area contributed by atoms with E-state index in [2.05, 4.69) is 53.0 Å². The number of nitrogens with zero attached hydrogens (tertiary/aromatic N) is 6. The molecule has 6 heterocycles. The first-order chi connectivity index (χ1) is 43.4. The van der Waals surface area contributed by atoms with Gasteiger partial charge in [-0.05, 0) is 61.0 Å². The highest BCUT2D eigenvalue weighted by atomic mass is 32.2. The Morgan fingerprint density at radius 2 is 1.48 bits per heavy atom. The maximum absolute atomic E-state index is 14.7. The number of nitrogens with two attached hydrogens (primary N) is 1. The molecule has 16 N–H and O–H groups in total. The molecule has 0 aliphatic carbocycles. The summed E-state index contributed by atoms with van der Waals surface area (Å²) < 4.78 is 10.9. The fourth-order valence-electron chi connectivity index (χ4n) is 11.1. The van der Waals surface area contributed by atoms with Gasteiger partial charge in [-0.2, -0.15) is 16.9 Å². The fourth-order valence-corrected chi connectivity index (χ4v) is 13.1. The first-order valence-corrected chi connectivity index (χ1v) is 31.2. The molecule has 4 saturated heterocycles. The van der Waals surface area contributed by atoms with Crippen LogP contribution in [0.5, 0.6) is 11.5 Å². The van der Waals surface area contributed by atoms with Gasteiger partial charge in [-0.1, -0.05) is 45.8 Å². The van der Waals surface area contributed by atoms with Crippen LogP contribution in [0.25, 0.3) is 26.8 Å². The number of primary amides is 1. The van der Waals surface area contributed by atoms with Crippen molar-refractivity contribution < 1.29 is 98.0 Å². The first-order valence-electron chi connectivity index (χ1n) is 28.6. The van der Waals surface area contributed by atoms with Crippen LogP contribution in [0.15, 0.2) is 72.9 Å². The summed E-state index contributed by atoms with van der Waals surface area (Å²) in [7, 11) is 0. The van der Waals surface area contributed by atoms with Crippen LogP contribution in [0.3, 0.4) is 0 Å². The number of phenolic OH excluding ortho intramolecular Hbond substituents is 1. The van der Waals surface area contributed by atoms with Crippen molar-refractivity contribution in [1.29, 1.82) is 0 Å². The smallest absolute Gasteiger partial charge is 0.261 e. The van der Waals surface area contributed by atoms with Gasteiger partial charge in [-0.15, -0.1) is 0 Å². The summed E-state index contributed by atoms with van der Waals surface area (Å²) in [4.78, 5) is 123. The van der Waals surface area contributed by atoms with Gasteiger partial charge in [-0.25, -0.2) is 14.8 Å². The van der Waals surface area contributed by atoms with Crippen molar-refractivity contribution in [3.8, 4) is 33.3 Å². The van der Waals surface area contributed by atoms with Gasteiger partial charge in [0.1, 0.15) is 53.5 Å². The molecule has 32 nitrogen and oxygen atoms in total. The third kappa shape index (κ3) is 15.8. The Kier molecular flexibility index (Phi) is 22.0. The number of aliphatic hydroxyl groups is 7. The Balaban J connectivity index is 0.998. The molecule has 0 bridgehead atoms. The summed E-state index contributed by atoms with van der Waals surface area (Å²) in [6.07, 6.45) is -14.4. The first kappa shape index (κ1) is 67.6. The highest BCUT2D eigenvalue weighted by molar-refractivity contribution is 7.99. The minimum absolute atomic E-state index is 0.00368. The number of benzene rings is 3. The molecule has 4 aliphatic heterocycles. The third-order valence-corrected chi connectivity index (χ3v) is 18.2. The molecule has 0 saturated carbocycles. The number of rotatable bonds is 16. The molecule has 35 heteroatoms. The van der Waals surface area contributed by atoms with Gasteiger partial charge in [-0.3, -0.25) is 38.4 Å². The molecule has 91 heavy (non-hydrogen) atoms. The van der Waals surface area contributed by atoms with E-state index in [0.29, 0.717) is 16.2 Å². The van der Waals surface area contributed by atoms with Gasteiger partial charge in [0.25, 0.3) is 18.2 Å². The van der Waals surface area contributed by atoms with Gasteiger partial charge in [0.15, 0.2) is 11.5 Å². The Bertz CT molecular complexity index is 3440. The number of β-amino-alcohol motifs (C(OH)–C–C–N with tert-alkyl or cyclic N) is 1. The minimum Gasteiger partial charge on any atom is -0.504 e. The topological polar surface area (TPSA) is 472 Å². The maximum Gasteiger partial charge on any atom is 0.261 e. The summed E-state index contributed by atoms with van der Waals surface area (Å²) in [6.45, 7) is 2.66. The van der Waals surface area contributed by atoms with Crippen molar-refractivity contribution in [2.24, 2.45) is 11.7 Å². The average molecular weight is 1330 g/mol. The standard InChI is InChI=1S/C56H68N12O20S3/c1-25-22-67-44(45(25)75)52(82)58-21-32(70)18-34(59-48(78)28-5-3-27(4-6-28)35-24-68-56(60-35)90-53(64-68)29-7-10-31(11-8-29)65-13-15-89-16-14-65)49(79)61-41(26(2)69)54(83)66-23-33(71)19-36(66)50(80)63-43(51(81)62-42(55(67)84)38(73)20-40(57)74)47(77)46(76)30-9-12-37(72)39(17-30)86-91-88-87-85/h3-12,17,24-26,32-34,36,38,41-47,69-73,75-77,85H,13-16,18-23H2,1-2H3,(H2,57,74)(H,58,82)(H,59,78)(H,61,79)(H,62,81)(H,63,80). The Morgan fingerprint density at radius 1 is 0.813 bits per heavy atom. The molecular formula is C56H68N12O20S3. The van der Waals surface area contributed by atoms with Crippen LogP contribution < -0.4 is 41.4 Å². The van der Waals surface area contributed by atoms with E-state index in [0.717, 1.165) is 75.8 Å². The van der Waals surface area contributed by atoms with E-state index in [1.54, 1.807) is 22.8 Å². The molecule has 0 spiro atoms. The van der Waals surface area contributed by atoms with Crippen molar-refractivity contribution in [3.63, 3.8) is 0 Å². The van der Waals surface area contributed by atoms with Crippen molar-refractivity contribution in [2.45, 2.75) is 112 Å². The van der Waals surface area contributed by atoms with Crippen LogP contribution >= 0.6 is 35.4 Å². The van der Waals surface area contributed by atoms with Crippen molar-refractivity contribution >= 4 is 93.3 Å². The van der Waals surface area contributed by atoms with E-state index in [9.17, 15) is 79.2 Å². The highest BCUT2D eigenvalue weighted by Crippen LogP contribution is 2.35. The van der Waals surface area contributed by atoms with Crippen LogP contribution in [0.1, 0.15) is 55.1 Å². The fraction of sp³-hybridized carbons (Fsp3) is 0.464. The largest absolute Gasteiger partial charge is 0.504 e. The zero-order chi connectivity index (χ0) is 65.5. The SMILES string of the molecule is CC(O)C1NC(=O)C(NC(=O)c2ccc(-c3cn4nc(-c5ccc(N6CCSCC6)cc5)sc4n3)cc2)CC(O)CNC(=O)C2C(O)C(C)CN2C(=O)C(C(O)CC(N)=O)NC(=O)C(C(O)C(O)c2ccc(O)c(OSOOO)c2)NC(=O)C2CC(O)CN2C1=O. The number of thioether (sulfide) groups is 1. The van der Waals surface area contributed by atoms with Gasteiger partial charge in [0, 0.05) is 85.4 Å². The number of imidazole rings is 1. The summed E-state index contributed by atoms with van der Waals surface area (Å²) in [5, 5.41) is 120. The quantitative estimate of drug-likeness (QED) is 0.0203. The average Bonchev–Trinajstić information content (AvgIpc) is 1.76. The lowest BCUT2D eigenvalue weighted by atomic mass is 9.96. The second-order valence-electron chi connectivity index (χ2n) is 22.3. The molecule has 4 aliphatic rings. The number of phenols is 1. The van der Waals surface area contributed by atoms with Crippen LogP contribution in [0.4, 0.5) is 5.69 Å². The van der Waals surface area contributed by atoms with Gasteiger partial charge in [0.05, 0.1) is 48.8 Å². The monoisotopic (exact) mass is 1320 g/mol. The second kappa shape index (κ2) is 29.7. The summed E-state index contributed by atoms with van der Waals surface area (Å²) in [6, 6.07) is 4.93. The van der Waals surface area contributed by atoms with Crippen molar-refractivity contribution in [3.05, 3.63) is 84.1 Å². The van der Waals surface area contributed by atoms with Gasteiger partial charge in [0.2, 0.25) is 46.3 Å². The highest BCUT2D eigenvalue weighted by Gasteiger charge is 2.50. The summed E-state index contributed by atoms with van der Waals surface area (Å²) in [5.41, 5.74) is 8.21. The minimum atomic E-state index is -2.53. The van der Waals surface area contributed by atoms with Crippen LogP contribution in [0, 0.1) is 5.92 Å². The Morgan fingerprint density at radius 3 is 2.15 bits per heavy atom. The van der Waals surface area contributed by atoms with Crippen LogP contribution in [0.2, 0.25) is 0 Å². The molecule has 0 radical (unpaired) electrons. The van der Waals surface area contributed by atoms with E-state index >= 15 is 0 Å². The number of aliphatic hydroxyl groups excluding tert-OH is 7. The number of carbonyl (C=O) groups excluding carboxylic acids is 8. The number of nitrogens with one attached hydrogen (secondary N) is 5. The Hall–Kier alpha value is -7.78. The predicted molar refractivity (Wildman–Crippen MR) is 322 cm³/mol. The van der Waals surface area contributed by atoms with Crippen LogP contribution in [-0.4, -0.2) is 235 Å². The van der Waals surface area contributed by atoms with Crippen LogP contribution in [-0.2, 0) is 42.9 Å². The van der Waals surface area contributed by atoms with Gasteiger partial charge >= 0.3 is 0 Å². The normalized spacial score (nSPS) is 26.3. The maximum atomic E-state index is 14.7. The molecule has 8 amide bonds. The molecule has 2 aromatic heterocycles. The van der Waals surface area contributed by atoms with Crippen molar-refractivity contribution in [2.75, 3.05) is 49.1 Å². The van der Waals surface area contributed by atoms with E-state index < -0.39 is 183 Å². The zero-order valence-corrected chi connectivity index (χ0v) is 51.0. The molecule has 3 aromatic carbocycles. The van der Waals surface area contributed by atoms with E-state index in [-0.39, 0.29) is 23.5 Å². The predicted octanol–water partition coefficient (Wildman–Crippen LogP) is -2.94. The molecule has 14 unspecified atom stereocenters. The summed E-state index contributed by atoms with van der Waals surface area (Å²) >= 11 is 3.29. The third-order valence-electron chi connectivity index (χ3n) is 15.9. The van der Waals surface area contributed by atoms with E-state index in [1.807, 2.05) is 23.9 Å². The van der Waals surface area contributed by atoms with Crippen molar-refractivity contribution in [1.82, 2.24) is 51.0 Å². The van der Waals surface area contributed by atoms with E-state index in [4.69, 9.17) is 25.3 Å². The van der Waals surface area contributed by atoms with E-state index in [1.165, 1.54) is 30.4 Å². The number of aromatic hydroxyl groups is 1. The lowest BCUT2D eigenvalue weighted by Gasteiger charge is -2.34. The lowest BCUT2D eigenvalue weighted by Crippen LogP contribution is -2.64. The second-order valence-corrected chi connectivity index (χ2v) is 25.0. The molecule has 5 aromatic rings. The Labute approximate surface area is 530 Å². The molecule has 9 rings (SSSR count). The molecule has 4 fully saturated rings. The number of amides is 8. The number of anilines is 1. The summed E-state index contributed by atoms with van der Waals surface area (Å²) in [5.74, 6) is -9.75. The molecule has 14 atom stereocenters. The molecule has 490 valence electrons. The lowest BCUT2D eigenvalue weighted by molar-refractivity contribution is -0.433. The molecular weight excluding hydrogens is 1260 g/mol. The number of fused-ring (bicyclic) bond motifs is 3. The number of aromatic nitrogens is 3.